The van der Waals surface area contributed by atoms with Crippen LogP contribution in [0.4, 0.5) is 5.69 Å². The molecular weight excluding hydrogens is 486 g/mol. The van der Waals surface area contributed by atoms with E-state index in [9.17, 15) is 4.79 Å². The third-order valence-corrected chi connectivity index (χ3v) is 6.79. The summed E-state index contributed by atoms with van der Waals surface area (Å²) in [6.45, 7) is 3.00. The van der Waals surface area contributed by atoms with Crippen molar-refractivity contribution in [3.05, 3.63) is 71.1 Å². The van der Waals surface area contributed by atoms with Gasteiger partial charge in [-0.1, -0.05) is 30.3 Å². The third-order valence-electron chi connectivity index (χ3n) is 5.86. The number of benzene rings is 2. The number of aromatic nitrogens is 5. The highest BCUT2D eigenvalue weighted by molar-refractivity contribution is 7.12. The van der Waals surface area contributed by atoms with Gasteiger partial charge in [-0.15, -0.1) is 11.3 Å². The van der Waals surface area contributed by atoms with E-state index in [0.29, 0.717) is 34.1 Å². The Morgan fingerprint density at radius 1 is 1.11 bits per heavy atom. The number of carbonyl (C=O) groups is 1. The van der Waals surface area contributed by atoms with E-state index in [4.69, 9.17) is 9.84 Å². The van der Waals surface area contributed by atoms with E-state index in [0.717, 1.165) is 34.4 Å². The van der Waals surface area contributed by atoms with Gasteiger partial charge >= 0.3 is 0 Å². The van der Waals surface area contributed by atoms with E-state index >= 15 is 0 Å². The zero-order valence-corrected chi connectivity index (χ0v) is 21.9. The van der Waals surface area contributed by atoms with Crippen LogP contribution in [-0.2, 0) is 7.05 Å². The summed E-state index contributed by atoms with van der Waals surface area (Å²) in [6.07, 6.45) is 3.49. The number of carbonyl (C=O) groups excluding carboxylic acids is 1. The largest absolute Gasteiger partial charge is 0.490 e. The molecule has 3 heterocycles. The second kappa shape index (κ2) is 10.5. The van der Waals surface area contributed by atoms with Gasteiger partial charge in [0.25, 0.3) is 5.91 Å². The number of nitrogens with zero attached hydrogens (tertiary/aromatic N) is 6. The number of thiazole rings is 1. The molecule has 0 spiro atoms. The molecule has 0 aliphatic rings. The first kappa shape index (κ1) is 24.5. The second-order valence-corrected chi connectivity index (χ2v) is 9.75. The quantitative estimate of drug-likeness (QED) is 0.322. The van der Waals surface area contributed by atoms with Crippen molar-refractivity contribution in [3.63, 3.8) is 0 Å². The molecule has 0 atom stereocenters. The van der Waals surface area contributed by atoms with Gasteiger partial charge in [0.1, 0.15) is 29.3 Å². The fourth-order valence-corrected chi connectivity index (χ4v) is 4.72. The Hall–Kier alpha value is -4.15. The lowest BCUT2D eigenvalue weighted by atomic mass is 10.0. The van der Waals surface area contributed by atoms with Crippen LogP contribution in [0.5, 0.6) is 5.75 Å². The number of rotatable bonds is 8. The standard InChI is InChI=1S/C27H27N7O2S/c1-17-26(37-16-30-17)27(35)31-22-12-19-21(13-23(22)36-11-10-33(2)3)28-15-29-25(19)20-14-34(4)32-24(20)18-8-6-5-7-9-18/h5-9,12-16H,10-11H2,1-4H3,(H,31,35). The molecule has 0 saturated heterocycles. The van der Waals surface area contributed by atoms with Crippen molar-refractivity contribution in [2.75, 3.05) is 32.6 Å². The molecule has 1 amide bonds. The Bertz CT molecular complexity index is 1560. The number of hydrogen-bond acceptors (Lipinski definition) is 8. The number of hydrogen-bond donors (Lipinski definition) is 1. The molecule has 0 radical (unpaired) electrons. The topological polar surface area (TPSA) is 98.1 Å². The molecule has 0 saturated carbocycles. The molecule has 0 fully saturated rings. The van der Waals surface area contributed by atoms with Gasteiger partial charge in [-0.25, -0.2) is 15.0 Å². The van der Waals surface area contributed by atoms with Crippen molar-refractivity contribution in [3.8, 4) is 28.3 Å². The van der Waals surface area contributed by atoms with Crippen LogP contribution in [0.1, 0.15) is 15.4 Å². The van der Waals surface area contributed by atoms with Gasteiger partial charge in [0.15, 0.2) is 0 Å². The van der Waals surface area contributed by atoms with Gasteiger partial charge in [0.2, 0.25) is 0 Å². The highest BCUT2D eigenvalue weighted by Crippen LogP contribution is 2.37. The van der Waals surface area contributed by atoms with E-state index in [-0.39, 0.29) is 5.91 Å². The van der Waals surface area contributed by atoms with Crippen LogP contribution in [0.25, 0.3) is 33.4 Å². The first-order valence-electron chi connectivity index (χ1n) is 11.8. The summed E-state index contributed by atoms with van der Waals surface area (Å²) in [7, 11) is 5.85. The number of amides is 1. The number of aryl methyl sites for hydroxylation is 2. The number of anilines is 1. The zero-order chi connectivity index (χ0) is 25.9. The Balaban J connectivity index is 1.63. The monoisotopic (exact) mass is 513 g/mol. The Morgan fingerprint density at radius 3 is 2.65 bits per heavy atom. The summed E-state index contributed by atoms with van der Waals surface area (Å²) in [5.74, 6) is 0.311. The Morgan fingerprint density at radius 2 is 1.92 bits per heavy atom. The van der Waals surface area contributed by atoms with E-state index < -0.39 is 0 Å². The fraction of sp³-hybridized carbons (Fsp3) is 0.222. The SMILES string of the molecule is Cc1ncsc1C(=O)Nc1cc2c(-c3cn(C)nc3-c3ccccc3)ncnc2cc1OCCN(C)C. The first-order valence-corrected chi connectivity index (χ1v) is 12.7. The minimum atomic E-state index is -0.235. The van der Waals surface area contributed by atoms with E-state index in [1.807, 2.05) is 81.6 Å². The normalized spacial score (nSPS) is 11.3. The van der Waals surface area contributed by atoms with Gasteiger partial charge < -0.3 is 15.0 Å². The molecule has 37 heavy (non-hydrogen) atoms. The predicted octanol–water partition coefficient (Wildman–Crippen LogP) is 4.65. The molecule has 188 valence electrons. The summed E-state index contributed by atoms with van der Waals surface area (Å²) in [5, 5.41) is 8.52. The van der Waals surface area contributed by atoms with Crippen LogP contribution in [0.3, 0.4) is 0 Å². The Labute approximate surface area is 218 Å². The predicted molar refractivity (Wildman–Crippen MR) is 146 cm³/mol. The van der Waals surface area contributed by atoms with Crippen LogP contribution in [0, 0.1) is 6.92 Å². The molecule has 1 N–H and O–H groups in total. The molecule has 3 aromatic heterocycles. The molecule has 0 bridgehead atoms. The molecule has 0 aliphatic carbocycles. The van der Waals surface area contributed by atoms with Crippen LogP contribution in [0.2, 0.25) is 0 Å². The zero-order valence-electron chi connectivity index (χ0n) is 21.1. The molecule has 0 unspecified atom stereocenters. The molecule has 0 aliphatic heterocycles. The van der Waals surface area contributed by atoms with E-state index in [1.54, 1.807) is 16.5 Å². The van der Waals surface area contributed by atoms with Gasteiger partial charge in [0, 0.05) is 42.4 Å². The molecule has 10 heteroatoms. The number of fused-ring (bicyclic) bond motifs is 1. The van der Waals surface area contributed by atoms with Crippen molar-refractivity contribution in [2.45, 2.75) is 6.92 Å². The van der Waals surface area contributed by atoms with Gasteiger partial charge in [-0.05, 0) is 27.1 Å². The lowest BCUT2D eigenvalue weighted by Crippen LogP contribution is -2.20. The van der Waals surface area contributed by atoms with Crippen LogP contribution in [-0.4, -0.2) is 62.8 Å². The summed E-state index contributed by atoms with van der Waals surface area (Å²) in [6, 6.07) is 13.7. The second-order valence-electron chi connectivity index (χ2n) is 8.89. The Kier molecular flexibility index (Phi) is 6.93. The van der Waals surface area contributed by atoms with Crippen molar-refractivity contribution in [1.29, 1.82) is 0 Å². The summed E-state index contributed by atoms with van der Waals surface area (Å²) in [5.41, 5.74) is 7.01. The van der Waals surface area contributed by atoms with Gasteiger partial charge in [0.05, 0.1) is 28.1 Å². The maximum absolute atomic E-state index is 13.1. The van der Waals surface area contributed by atoms with E-state index in [2.05, 4.69) is 20.3 Å². The number of ether oxygens (including phenoxy) is 1. The molecule has 5 aromatic rings. The molecule has 9 nitrogen and oxygen atoms in total. The highest BCUT2D eigenvalue weighted by atomic mass is 32.1. The lowest BCUT2D eigenvalue weighted by molar-refractivity contribution is 0.102. The van der Waals surface area contributed by atoms with Gasteiger partial charge in [-0.2, -0.15) is 5.10 Å². The lowest BCUT2D eigenvalue weighted by Gasteiger charge is -2.16. The average Bonchev–Trinajstić information content (AvgIpc) is 3.49. The molecule has 5 rings (SSSR count). The minimum absolute atomic E-state index is 0.235. The van der Waals surface area contributed by atoms with Crippen molar-refractivity contribution in [1.82, 2.24) is 29.6 Å². The first-order chi connectivity index (χ1) is 17.9. The molecule has 2 aromatic carbocycles. The summed E-state index contributed by atoms with van der Waals surface area (Å²) >= 11 is 1.30. The van der Waals surface area contributed by atoms with Crippen LogP contribution < -0.4 is 10.1 Å². The van der Waals surface area contributed by atoms with Crippen molar-refractivity contribution in [2.24, 2.45) is 7.05 Å². The highest BCUT2D eigenvalue weighted by Gasteiger charge is 2.20. The summed E-state index contributed by atoms with van der Waals surface area (Å²) < 4.78 is 7.88. The maximum Gasteiger partial charge on any atom is 0.267 e. The maximum atomic E-state index is 13.1. The molecular formula is C27H27N7O2S. The van der Waals surface area contributed by atoms with E-state index in [1.165, 1.54) is 11.3 Å². The van der Waals surface area contributed by atoms with Crippen LogP contribution in [0.15, 0.2) is 60.5 Å². The number of likely N-dealkylation sites (N-methyl/N-ethyl adjacent to an activating group) is 1. The minimum Gasteiger partial charge on any atom is -0.490 e. The third kappa shape index (κ3) is 5.20. The number of nitrogens with one attached hydrogen (secondary N) is 1. The smallest absolute Gasteiger partial charge is 0.267 e. The van der Waals surface area contributed by atoms with Crippen molar-refractivity contribution < 1.29 is 9.53 Å². The van der Waals surface area contributed by atoms with Crippen molar-refractivity contribution >= 4 is 33.8 Å². The average molecular weight is 514 g/mol. The summed E-state index contributed by atoms with van der Waals surface area (Å²) in [4.78, 5) is 29.1. The fourth-order valence-electron chi connectivity index (χ4n) is 4.02. The van der Waals surface area contributed by atoms with Crippen LogP contribution >= 0.6 is 11.3 Å². The van der Waals surface area contributed by atoms with Gasteiger partial charge in [-0.3, -0.25) is 9.48 Å².